The van der Waals surface area contributed by atoms with E-state index in [1.54, 1.807) is 17.6 Å². The average molecular weight is 477 g/mol. The van der Waals surface area contributed by atoms with Gasteiger partial charge in [0.15, 0.2) is 0 Å². The predicted octanol–water partition coefficient (Wildman–Crippen LogP) is 5.59. The second-order valence-corrected chi connectivity index (χ2v) is 8.62. The largest absolute Gasteiger partial charge is 0.376 e. The van der Waals surface area contributed by atoms with E-state index in [0.29, 0.717) is 11.6 Å². The number of ether oxygens (including phenoxy) is 1. The molecule has 1 aliphatic rings. The topological polar surface area (TPSA) is 38.9 Å². The van der Waals surface area contributed by atoms with E-state index in [1.165, 1.54) is 0 Å². The van der Waals surface area contributed by atoms with Gasteiger partial charge in [-0.05, 0) is 31.0 Å². The average Bonchev–Trinajstić information content (AvgIpc) is 3.36. The monoisotopic (exact) mass is 475 g/mol. The first-order valence-corrected chi connectivity index (χ1v) is 11.1. The van der Waals surface area contributed by atoms with Crippen molar-refractivity contribution in [2.45, 2.75) is 18.9 Å². The summed E-state index contributed by atoms with van der Waals surface area (Å²) in [5.74, 6) is 0. The highest BCUT2D eigenvalue weighted by molar-refractivity contribution is 9.10. The Labute approximate surface area is 181 Å². The predicted molar refractivity (Wildman–Crippen MR) is 119 cm³/mol. The molecule has 0 spiro atoms. The maximum atomic E-state index is 6.28. The number of benzene rings is 2. The van der Waals surface area contributed by atoms with Crippen molar-refractivity contribution >= 4 is 45.1 Å². The van der Waals surface area contributed by atoms with Gasteiger partial charge in [0.2, 0.25) is 4.80 Å². The van der Waals surface area contributed by atoms with E-state index in [-0.39, 0.29) is 6.10 Å². The zero-order valence-electron chi connectivity index (χ0n) is 15.1. The SMILES string of the molecule is Clc1ccccc1C=Nn1c(-c2ccc(Br)cc2)csc1=NCC1CCCO1. The molecule has 0 saturated carbocycles. The first kappa shape index (κ1) is 19.6. The van der Waals surface area contributed by atoms with Gasteiger partial charge in [-0.3, -0.25) is 4.99 Å². The van der Waals surface area contributed by atoms with Gasteiger partial charge in [-0.2, -0.15) is 5.10 Å². The molecule has 4 nitrogen and oxygen atoms in total. The van der Waals surface area contributed by atoms with Crippen LogP contribution in [0.1, 0.15) is 18.4 Å². The quantitative estimate of drug-likeness (QED) is 0.442. The Morgan fingerprint density at radius 1 is 1.21 bits per heavy atom. The van der Waals surface area contributed by atoms with Crippen LogP contribution < -0.4 is 4.80 Å². The third-order valence-corrected chi connectivity index (χ3v) is 6.22. The molecule has 1 aromatic heterocycles. The van der Waals surface area contributed by atoms with Crippen molar-refractivity contribution in [1.29, 1.82) is 0 Å². The first-order chi connectivity index (χ1) is 13.7. The molecule has 0 bridgehead atoms. The molecule has 2 aromatic carbocycles. The number of thiazole rings is 1. The number of nitrogens with zero attached hydrogens (tertiary/aromatic N) is 3. The molecule has 1 saturated heterocycles. The van der Waals surface area contributed by atoms with Crippen molar-refractivity contribution in [2.75, 3.05) is 13.2 Å². The van der Waals surface area contributed by atoms with Crippen LogP contribution in [0.3, 0.4) is 0 Å². The normalized spacial score (nSPS) is 17.6. The molecule has 1 aliphatic heterocycles. The Morgan fingerprint density at radius 3 is 2.79 bits per heavy atom. The van der Waals surface area contributed by atoms with Crippen molar-refractivity contribution in [1.82, 2.24) is 4.68 Å². The number of hydrogen-bond acceptors (Lipinski definition) is 4. The summed E-state index contributed by atoms with van der Waals surface area (Å²) in [6.45, 7) is 1.49. The lowest BCUT2D eigenvalue weighted by molar-refractivity contribution is 0.117. The van der Waals surface area contributed by atoms with Crippen molar-refractivity contribution < 1.29 is 4.74 Å². The van der Waals surface area contributed by atoms with Crippen LogP contribution in [0.4, 0.5) is 0 Å². The molecular weight excluding hydrogens is 458 g/mol. The number of aromatic nitrogens is 1. The van der Waals surface area contributed by atoms with Crippen LogP contribution >= 0.6 is 38.9 Å². The summed E-state index contributed by atoms with van der Waals surface area (Å²) < 4.78 is 8.63. The highest BCUT2D eigenvalue weighted by Crippen LogP contribution is 2.23. The third kappa shape index (κ3) is 4.63. The molecule has 1 fully saturated rings. The fourth-order valence-electron chi connectivity index (χ4n) is 3.01. The molecule has 0 radical (unpaired) electrons. The summed E-state index contributed by atoms with van der Waals surface area (Å²) in [7, 11) is 0. The lowest BCUT2D eigenvalue weighted by Crippen LogP contribution is -2.17. The van der Waals surface area contributed by atoms with Gasteiger partial charge in [-0.15, -0.1) is 11.3 Å². The maximum Gasteiger partial charge on any atom is 0.206 e. The zero-order valence-corrected chi connectivity index (χ0v) is 18.3. The molecule has 144 valence electrons. The van der Waals surface area contributed by atoms with Crippen LogP contribution in [0.2, 0.25) is 5.02 Å². The van der Waals surface area contributed by atoms with E-state index in [9.17, 15) is 0 Å². The number of rotatable bonds is 5. The Kier molecular flexibility index (Phi) is 6.42. The summed E-state index contributed by atoms with van der Waals surface area (Å²) in [4.78, 5) is 5.63. The summed E-state index contributed by atoms with van der Waals surface area (Å²) in [6.07, 6.45) is 4.17. The van der Waals surface area contributed by atoms with E-state index < -0.39 is 0 Å². The molecule has 3 aromatic rings. The Balaban J connectivity index is 1.73. The van der Waals surface area contributed by atoms with Crippen LogP contribution in [-0.4, -0.2) is 30.1 Å². The van der Waals surface area contributed by atoms with Crippen molar-refractivity contribution in [3.8, 4) is 11.3 Å². The van der Waals surface area contributed by atoms with Gasteiger partial charge in [0.25, 0.3) is 0 Å². The fraction of sp³-hybridized carbons (Fsp3) is 0.238. The highest BCUT2D eigenvalue weighted by Gasteiger charge is 2.15. The maximum absolute atomic E-state index is 6.28. The van der Waals surface area contributed by atoms with Gasteiger partial charge >= 0.3 is 0 Å². The molecule has 0 N–H and O–H groups in total. The van der Waals surface area contributed by atoms with E-state index in [4.69, 9.17) is 26.4 Å². The van der Waals surface area contributed by atoms with Crippen molar-refractivity contribution in [2.24, 2.45) is 10.1 Å². The van der Waals surface area contributed by atoms with E-state index >= 15 is 0 Å². The van der Waals surface area contributed by atoms with Crippen LogP contribution in [0, 0.1) is 0 Å². The molecule has 0 aliphatic carbocycles. The van der Waals surface area contributed by atoms with E-state index in [1.807, 2.05) is 41.1 Å². The zero-order chi connectivity index (χ0) is 19.3. The second-order valence-electron chi connectivity index (χ2n) is 6.46. The summed E-state index contributed by atoms with van der Waals surface area (Å²) in [5.41, 5.74) is 2.94. The lowest BCUT2D eigenvalue weighted by Gasteiger charge is -2.06. The summed E-state index contributed by atoms with van der Waals surface area (Å²) in [5, 5.41) is 7.47. The van der Waals surface area contributed by atoms with Crippen LogP contribution in [0.5, 0.6) is 0 Å². The van der Waals surface area contributed by atoms with Gasteiger partial charge in [0, 0.05) is 32.6 Å². The van der Waals surface area contributed by atoms with Crippen LogP contribution in [0.15, 0.2) is 68.5 Å². The van der Waals surface area contributed by atoms with Crippen molar-refractivity contribution in [3.05, 3.63) is 73.8 Å². The Hall–Kier alpha value is -1.73. The van der Waals surface area contributed by atoms with Gasteiger partial charge in [0.05, 0.1) is 24.6 Å². The standard InChI is InChI=1S/C21H19BrClN3OS/c22-17-9-7-15(8-10-17)20-14-28-21(24-13-18-5-3-11-27-18)26(20)25-12-16-4-1-2-6-19(16)23/h1-2,4,6-10,12,14,18H,3,5,11,13H2. The van der Waals surface area contributed by atoms with Gasteiger partial charge in [-0.1, -0.05) is 57.9 Å². The lowest BCUT2D eigenvalue weighted by atomic mass is 10.2. The molecule has 7 heteroatoms. The molecule has 4 rings (SSSR count). The molecule has 1 atom stereocenters. The number of hydrogen-bond donors (Lipinski definition) is 0. The fourth-order valence-corrected chi connectivity index (χ4v) is 4.30. The Bertz CT molecular complexity index is 1040. The van der Waals surface area contributed by atoms with E-state index in [0.717, 1.165) is 45.5 Å². The minimum Gasteiger partial charge on any atom is -0.376 e. The minimum atomic E-state index is 0.208. The van der Waals surface area contributed by atoms with Crippen molar-refractivity contribution in [3.63, 3.8) is 0 Å². The van der Waals surface area contributed by atoms with Gasteiger partial charge < -0.3 is 4.74 Å². The van der Waals surface area contributed by atoms with Crippen LogP contribution in [0.25, 0.3) is 11.3 Å². The first-order valence-electron chi connectivity index (χ1n) is 9.08. The molecule has 28 heavy (non-hydrogen) atoms. The molecule has 1 unspecified atom stereocenters. The van der Waals surface area contributed by atoms with Gasteiger partial charge in [0.1, 0.15) is 0 Å². The second kappa shape index (κ2) is 9.18. The molecule has 2 heterocycles. The third-order valence-electron chi connectivity index (χ3n) is 4.50. The molecular formula is C21H19BrClN3OS. The smallest absolute Gasteiger partial charge is 0.206 e. The molecule has 0 amide bonds. The van der Waals surface area contributed by atoms with Gasteiger partial charge in [-0.25, -0.2) is 4.68 Å². The summed E-state index contributed by atoms with van der Waals surface area (Å²) in [6, 6.07) is 15.9. The van der Waals surface area contributed by atoms with E-state index in [2.05, 4.69) is 33.4 Å². The highest BCUT2D eigenvalue weighted by atomic mass is 79.9. The summed E-state index contributed by atoms with van der Waals surface area (Å²) >= 11 is 11.4. The number of halogens is 2. The minimum absolute atomic E-state index is 0.208. The van der Waals surface area contributed by atoms with Crippen LogP contribution in [-0.2, 0) is 4.74 Å². The Morgan fingerprint density at radius 2 is 2.04 bits per heavy atom.